The Labute approximate surface area is 104 Å². The Kier molecular flexibility index (Phi) is 4.91. The van der Waals surface area contributed by atoms with Crippen LogP contribution in [0.5, 0.6) is 0 Å². The molecule has 0 aliphatic heterocycles. The van der Waals surface area contributed by atoms with Crippen LogP contribution in [0.1, 0.15) is 39.5 Å². The Bertz CT molecular complexity index is 412. The fraction of sp³-hybridized carbons (Fsp3) is 0.667. The number of hydrogen-bond donors (Lipinski definition) is 2. The third-order valence-electron chi connectivity index (χ3n) is 2.99. The molecule has 0 saturated carbocycles. The highest BCUT2D eigenvalue weighted by Gasteiger charge is 2.28. The van der Waals surface area contributed by atoms with Gasteiger partial charge >= 0.3 is 0 Å². The molecule has 1 aliphatic rings. The quantitative estimate of drug-likeness (QED) is 0.761. The minimum Gasteiger partial charge on any atom is -0.308 e. The smallest absolute Gasteiger partial charge is 0.237 e. The minimum atomic E-state index is -3.56. The molecule has 0 heterocycles. The van der Waals surface area contributed by atoms with Crippen molar-refractivity contribution in [3.05, 3.63) is 23.1 Å². The highest BCUT2D eigenvalue weighted by atomic mass is 32.2. The summed E-state index contributed by atoms with van der Waals surface area (Å²) in [6, 6.07) is 0. The number of nitrogens with two attached hydrogens (primary N) is 1. The number of primary sulfonamides is 1. The topological polar surface area (TPSA) is 72.2 Å². The second-order valence-corrected chi connectivity index (χ2v) is 6.08. The van der Waals surface area contributed by atoms with Crippen LogP contribution in [0.2, 0.25) is 0 Å². The van der Waals surface area contributed by atoms with Gasteiger partial charge in [-0.15, -0.1) is 0 Å². The molecule has 0 fully saturated rings. The summed E-state index contributed by atoms with van der Waals surface area (Å²) >= 11 is 0. The number of nitrogens with one attached hydrogen (secondary N) is 1. The van der Waals surface area contributed by atoms with Gasteiger partial charge in [-0.1, -0.05) is 32.4 Å². The van der Waals surface area contributed by atoms with Crippen molar-refractivity contribution in [1.29, 1.82) is 0 Å². The molecule has 1 rings (SSSR count). The molecule has 0 aromatic rings. The van der Waals surface area contributed by atoms with Crippen molar-refractivity contribution < 1.29 is 8.42 Å². The van der Waals surface area contributed by atoms with Crippen LogP contribution in [-0.2, 0) is 10.0 Å². The SMILES string of the molecule is CCCNC1(CCC)C=CC(S(N)(=O)=O)=CC1. The molecule has 17 heavy (non-hydrogen) atoms. The van der Waals surface area contributed by atoms with Crippen LogP contribution in [0.25, 0.3) is 0 Å². The second-order valence-electron chi connectivity index (χ2n) is 4.52. The van der Waals surface area contributed by atoms with Gasteiger partial charge in [-0.3, -0.25) is 0 Å². The van der Waals surface area contributed by atoms with Crippen LogP contribution in [-0.4, -0.2) is 20.5 Å². The molecule has 0 aromatic heterocycles. The van der Waals surface area contributed by atoms with Crippen LogP contribution in [0.4, 0.5) is 0 Å². The maximum absolute atomic E-state index is 11.2. The van der Waals surface area contributed by atoms with E-state index in [0.717, 1.165) is 25.8 Å². The molecule has 98 valence electrons. The fourth-order valence-corrected chi connectivity index (χ4v) is 2.67. The van der Waals surface area contributed by atoms with Crippen molar-refractivity contribution in [1.82, 2.24) is 5.32 Å². The Morgan fingerprint density at radius 2 is 2.12 bits per heavy atom. The standard InChI is InChI=1S/C12H22N2O2S/c1-3-7-12(14-10-4-2)8-5-11(6-9-12)17(13,15)16/h5-6,8,14H,3-4,7,9-10H2,1-2H3,(H2,13,15,16). The lowest BCUT2D eigenvalue weighted by molar-refractivity contribution is 0.371. The normalized spacial score (nSPS) is 24.8. The van der Waals surface area contributed by atoms with Crippen molar-refractivity contribution in [3.8, 4) is 0 Å². The second kappa shape index (κ2) is 5.80. The molecule has 1 unspecified atom stereocenters. The van der Waals surface area contributed by atoms with Crippen molar-refractivity contribution in [2.45, 2.75) is 45.1 Å². The van der Waals surface area contributed by atoms with Gasteiger partial charge in [0, 0.05) is 5.54 Å². The first-order valence-electron chi connectivity index (χ1n) is 6.11. The molecule has 0 aromatic carbocycles. The maximum Gasteiger partial charge on any atom is 0.237 e. The van der Waals surface area contributed by atoms with Gasteiger partial charge in [-0.2, -0.15) is 0 Å². The first kappa shape index (κ1) is 14.4. The zero-order valence-corrected chi connectivity index (χ0v) is 11.4. The van der Waals surface area contributed by atoms with E-state index in [1.54, 1.807) is 12.2 Å². The highest BCUT2D eigenvalue weighted by molar-refractivity contribution is 7.93. The van der Waals surface area contributed by atoms with Gasteiger partial charge in [0.2, 0.25) is 10.0 Å². The summed E-state index contributed by atoms with van der Waals surface area (Å²) in [4.78, 5) is 0.225. The van der Waals surface area contributed by atoms with Gasteiger partial charge in [-0.05, 0) is 31.9 Å². The summed E-state index contributed by atoms with van der Waals surface area (Å²) in [6.07, 6.45) is 9.09. The molecular formula is C12H22N2O2S. The van der Waals surface area contributed by atoms with Gasteiger partial charge in [0.05, 0.1) is 4.91 Å². The van der Waals surface area contributed by atoms with E-state index in [-0.39, 0.29) is 10.4 Å². The molecule has 0 amide bonds. The Balaban J connectivity index is 2.81. The first-order chi connectivity index (χ1) is 7.93. The molecule has 3 N–H and O–H groups in total. The van der Waals surface area contributed by atoms with E-state index in [2.05, 4.69) is 19.2 Å². The summed E-state index contributed by atoms with van der Waals surface area (Å²) in [5, 5.41) is 8.60. The maximum atomic E-state index is 11.2. The molecule has 4 nitrogen and oxygen atoms in total. The summed E-state index contributed by atoms with van der Waals surface area (Å²) in [7, 11) is -3.56. The molecule has 1 atom stereocenters. The van der Waals surface area contributed by atoms with Crippen LogP contribution >= 0.6 is 0 Å². The van der Waals surface area contributed by atoms with Gasteiger partial charge < -0.3 is 5.32 Å². The van der Waals surface area contributed by atoms with E-state index in [9.17, 15) is 8.42 Å². The molecule has 5 heteroatoms. The van der Waals surface area contributed by atoms with Gasteiger partial charge in [0.1, 0.15) is 0 Å². The van der Waals surface area contributed by atoms with Crippen molar-refractivity contribution in [2.24, 2.45) is 5.14 Å². The van der Waals surface area contributed by atoms with Crippen LogP contribution in [0, 0.1) is 0 Å². The van der Waals surface area contributed by atoms with Gasteiger partial charge in [-0.25, -0.2) is 13.6 Å². The molecule has 0 saturated heterocycles. The van der Waals surface area contributed by atoms with E-state index >= 15 is 0 Å². The molecule has 1 aliphatic carbocycles. The van der Waals surface area contributed by atoms with E-state index in [1.165, 1.54) is 0 Å². The number of allylic oxidation sites excluding steroid dienone is 1. The summed E-state index contributed by atoms with van der Waals surface area (Å²) < 4.78 is 22.4. The van der Waals surface area contributed by atoms with E-state index in [1.807, 2.05) is 6.08 Å². The minimum absolute atomic E-state index is 0.0983. The van der Waals surface area contributed by atoms with E-state index in [4.69, 9.17) is 5.14 Å². The number of hydrogen-bond acceptors (Lipinski definition) is 3. The fourth-order valence-electron chi connectivity index (χ4n) is 2.10. The third kappa shape index (κ3) is 3.94. The zero-order chi connectivity index (χ0) is 12.9. The monoisotopic (exact) mass is 258 g/mol. The van der Waals surface area contributed by atoms with E-state index < -0.39 is 10.0 Å². The van der Waals surface area contributed by atoms with Crippen LogP contribution < -0.4 is 10.5 Å². The Morgan fingerprint density at radius 1 is 1.41 bits per heavy atom. The first-order valence-corrected chi connectivity index (χ1v) is 7.65. The highest BCUT2D eigenvalue weighted by Crippen LogP contribution is 2.27. The predicted octanol–water partition coefficient (Wildman–Crippen LogP) is 1.66. The van der Waals surface area contributed by atoms with Crippen molar-refractivity contribution >= 4 is 10.0 Å². The summed E-state index contributed by atoms with van der Waals surface area (Å²) in [5.74, 6) is 0. The summed E-state index contributed by atoms with van der Waals surface area (Å²) in [6.45, 7) is 5.18. The lowest BCUT2D eigenvalue weighted by Gasteiger charge is -2.33. The molecular weight excluding hydrogens is 236 g/mol. The van der Waals surface area contributed by atoms with Gasteiger partial charge in [0.15, 0.2) is 0 Å². The number of sulfonamides is 1. The Morgan fingerprint density at radius 3 is 2.53 bits per heavy atom. The lowest BCUT2D eigenvalue weighted by Crippen LogP contribution is -2.44. The average molecular weight is 258 g/mol. The van der Waals surface area contributed by atoms with Crippen molar-refractivity contribution in [3.63, 3.8) is 0 Å². The average Bonchev–Trinajstić information content (AvgIpc) is 2.26. The largest absolute Gasteiger partial charge is 0.308 e. The van der Waals surface area contributed by atoms with Crippen molar-refractivity contribution in [2.75, 3.05) is 6.54 Å². The van der Waals surface area contributed by atoms with E-state index in [0.29, 0.717) is 6.42 Å². The Hall–Kier alpha value is -0.650. The van der Waals surface area contributed by atoms with Crippen LogP contribution in [0.15, 0.2) is 23.1 Å². The van der Waals surface area contributed by atoms with Gasteiger partial charge in [0.25, 0.3) is 0 Å². The molecule has 0 spiro atoms. The number of rotatable bonds is 6. The molecule has 0 radical (unpaired) electrons. The third-order valence-corrected chi connectivity index (χ3v) is 3.95. The lowest BCUT2D eigenvalue weighted by atomic mass is 9.86. The summed E-state index contributed by atoms with van der Waals surface area (Å²) in [5.41, 5.74) is -0.0983. The van der Waals surface area contributed by atoms with Crippen LogP contribution in [0.3, 0.4) is 0 Å². The zero-order valence-electron chi connectivity index (χ0n) is 10.6. The predicted molar refractivity (Wildman–Crippen MR) is 70.9 cm³/mol. The molecule has 0 bridgehead atoms.